The van der Waals surface area contributed by atoms with Crippen molar-refractivity contribution in [3.63, 3.8) is 0 Å². The van der Waals surface area contributed by atoms with Gasteiger partial charge in [-0.2, -0.15) is 0 Å². The first kappa shape index (κ1) is 16.2. The molecule has 0 bridgehead atoms. The molecule has 0 spiro atoms. The highest BCUT2D eigenvalue weighted by Gasteiger charge is 2.26. The summed E-state index contributed by atoms with van der Waals surface area (Å²) in [6.45, 7) is 7.63. The summed E-state index contributed by atoms with van der Waals surface area (Å²) < 4.78 is 6.98. The summed E-state index contributed by atoms with van der Waals surface area (Å²) in [7, 11) is 0. The minimum Gasteiger partial charge on any atom is -0.498 e. The molecule has 1 aliphatic heterocycles. The first-order valence-corrected chi connectivity index (χ1v) is 7.33. The second-order valence-electron chi connectivity index (χ2n) is 5.25. The lowest BCUT2D eigenvalue weighted by Crippen LogP contribution is -2.31. The molecule has 2 amide bonds. The number of nitrogens with zero attached hydrogens (tertiary/aromatic N) is 3. The van der Waals surface area contributed by atoms with E-state index in [-0.39, 0.29) is 6.03 Å². The van der Waals surface area contributed by atoms with Gasteiger partial charge in [0.1, 0.15) is 17.9 Å². The molecule has 1 heterocycles. The van der Waals surface area contributed by atoms with Crippen molar-refractivity contribution in [2.75, 3.05) is 26.2 Å². The van der Waals surface area contributed by atoms with E-state index in [2.05, 4.69) is 11.1 Å². The first-order chi connectivity index (χ1) is 10.5. The zero-order valence-corrected chi connectivity index (χ0v) is 13.6. The Labute approximate surface area is 134 Å². The highest BCUT2D eigenvalue weighted by atomic mass is 35.5. The lowest BCUT2D eigenvalue weighted by molar-refractivity contribution is 0.194. The Kier molecular flexibility index (Phi) is 4.99. The predicted molar refractivity (Wildman–Crippen MR) is 85.4 cm³/mol. The molecule has 1 aromatic rings. The summed E-state index contributed by atoms with van der Waals surface area (Å²) in [6, 6.07) is 4.19. The van der Waals surface area contributed by atoms with Crippen LogP contribution in [-0.4, -0.2) is 41.6 Å². The number of amides is 2. The van der Waals surface area contributed by atoms with E-state index in [4.69, 9.17) is 16.5 Å². The molecule has 118 valence electrons. The molecule has 1 aromatic carbocycles. The van der Waals surface area contributed by atoms with Gasteiger partial charge in [-0.1, -0.05) is 6.07 Å². The number of carbonyl (C=O) groups excluding carboxylic acids is 1. The van der Waals surface area contributed by atoms with E-state index in [1.807, 2.05) is 26.8 Å². The van der Waals surface area contributed by atoms with Crippen LogP contribution in [0.4, 0.5) is 4.79 Å². The van der Waals surface area contributed by atoms with Crippen molar-refractivity contribution in [1.82, 2.24) is 9.32 Å². The maximum atomic E-state index is 11.7. The van der Waals surface area contributed by atoms with Gasteiger partial charge in [0, 0.05) is 28.9 Å². The normalized spacial score (nSPS) is 14.1. The molecule has 2 rings (SSSR count). The van der Waals surface area contributed by atoms with Crippen LogP contribution in [0.15, 0.2) is 6.07 Å². The average Bonchev–Trinajstić information content (AvgIpc) is 2.78. The van der Waals surface area contributed by atoms with Gasteiger partial charge >= 0.3 is 12.1 Å². The topological polar surface area (TPSA) is 60.2 Å². The van der Waals surface area contributed by atoms with E-state index in [0.29, 0.717) is 37.6 Å². The number of carbonyl (C=O) groups is 1. The maximum Gasteiger partial charge on any atom is 0.337 e. The van der Waals surface area contributed by atoms with E-state index in [9.17, 15) is 10.0 Å². The number of hydrogen-bond donors (Lipinski definition) is 0. The number of aryl methyl sites for hydroxylation is 2. The largest absolute Gasteiger partial charge is 0.498 e. The van der Waals surface area contributed by atoms with Crippen molar-refractivity contribution < 1.29 is 9.53 Å². The number of halogens is 1. The van der Waals surface area contributed by atoms with Crippen LogP contribution >= 0.6 is 11.8 Å². The van der Waals surface area contributed by atoms with Crippen molar-refractivity contribution in [2.45, 2.75) is 20.8 Å². The molecule has 1 fully saturated rings. The molecule has 7 heteroatoms. The van der Waals surface area contributed by atoms with Crippen molar-refractivity contribution in [3.05, 3.63) is 38.5 Å². The van der Waals surface area contributed by atoms with Crippen LogP contribution in [0.2, 0.25) is 0 Å². The zero-order valence-electron chi connectivity index (χ0n) is 12.9. The zero-order chi connectivity index (χ0) is 16.3. The second-order valence-corrected chi connectivity index (χ2v) is 5.65. The van der Waals surface area contributed by atoms with Crippen LogP contribution in [-0.2, 0) is 0 Å². The number of urea groups is 1. The lowest BCUT2D eigenvalue weighted by Gasteiger charge is -2.18. The Hall–Kier alpha value is -2.13. The Morgan fingerprint density at radius 1 is 1.36 bits per heavy atom. The molecular weight excluding hydrogens is 306 g/mol. The van der Waals surface area contributed by atoms with Gasteiger partial charge in [-0.25, -0.2) is 9.21 Å². The minimum atomic E-state index is -0.199. The summed E-state index contributed by atoms with van der Waals surface area (Å²) in [5.41, 5.74) is 3.37. The molecular formula is C15H18ClN3O3. The number of hydrogen-bond acceptors (Lipinski definition) is 3. The third-order valence-electron chi connectivity index (χ3n) is 3.71. The van der Waals surface area contributed by atoms with Gasteiger partial charge in [0.05, 0.1) is 13.1 Å². The van der Waals surface area contributed by atoms with Gasteiger partial charge in [0.15, 0.2) is 0 Å². The number of benzene rings is 1. The summed E-state index contributed by atoms with van der Waals surface area (Å²) in [6.07, 6.45) is 0. The molecule has 6 nitrogen and oxygen atoms in total. The van der Waals surface area contributed by atoms with Gasteiger partial charge in [0.2, 0.25) is 0 Å². The standard InChI is InChI=1S/C15H18ClN3O3/c1-10-8-11(2)14(12(3)13(10)9-17-21)22-7-6-18-4-5-19(16)15(18)20/h8H,4-7H2,1-3H3. The van der Waals surface area contributed by atoms with Crippen LogP contribution in [0, 0.1) is 32.0 Å². The molecule has 0 saturated carbocycles. The fourth-order valence-corrected chi connectivity index (χ4v) is 2.81. The number of ether oxygens (including phenoxy) is 1. The van der Waals surface area contributed by atoms with Crippen molar-refractivity contribution in [3.8, 4) is 11.8 Å². The fraction of sp³-hybridized carbons (Fsp3) is 0.467. The van der Waals surface area contributed by atoms with Gasteiger partial charge in [0.25, 0.3) is 0 Å². The van der Waals surface area contributed by atoms with E-state index < -0.39 is 0 Å². The van der Waals surface area contributed by atoms with Crippen LogP contribution in [0.3, 0.4) is 0 Å². The first-order valence-electron chi connectivity index (χ1n) is 7.00. The summed E-state index contributed by atoms with van der Waals surface area (Å²) in [4.78, 5) is 13.3. The van der Waals surface area contributed by atoms with Crippen molar-refractivity contribution >= 4 is 17.8 Å². The summed E-state index contributed by atoms with van der Waals surface area (Å²) in [5.74, 6) is 0.700. The highest BCUT2D eigenvalue weighted by Crippen LogP contribution is 2.28. The minimum absolute atomic E-state index is 0.199. The van der Waals surface area contributed by atoms with Gasteiger partial charge in [-0.05, 0) is 31.9 Å². The van der Waals surface area contributed by atoms with Gasteiger partial charge < -0.3 is 14.8 Å². The highest BCUT2D eigenvalue weighted by molar-refractivity contribution is 6.21. The van der Waals surface area contributed by atoms with E-state index in [1.54, 1.807) is 4.90 Å². The molecule has 1 aliphatic rings. The molecule has 0 atom stereocenters. The Balaban J connectivity index is 2.08. The molecule has 0 radical (unpaired) electrons. The Morgan fingerprint density at radius 2 is 2.09 bits per heavy atom. The molecule has 22 heavy (non-hydrogen) atoms. The second kappa shape index (κ2) is 6.75. The monoisotopic (exact) mass is 323 g/mol. The number of rotatable bonds is 4. The summed E-state index contributed by atoms with van der Waals surface area (Å²) in [5, 5.41) is 13.2. The SMILES string of the molecule is Cc1cc(C)c(OCCN2CCN(Cl)C2=O)c(C)c1C#[N+][O-]. The smallest absolute Gasteiger partial charge is 0.337 e. The lowest BCUT2D eigenvalue weighted by atomic mass is 9.99. The van der Waals surface area contributed by atoms with Crippen LogP contribution in [0.1, 0.15) is 22.3 Å². The van der Waals surface area contributed by atoms with Crippen molar-refractivity contribution in [1.29, 1.82) is 0 Å². The quantitative estimate of drug-likeness (QED) is 0.632. The van der Waals surface area contributed by atoms with E-state index in [0.717, 1.165) is 16.7 Å². The summed E-state index contributed by atoms with van der Waals surface area (Å²) >= 11 is 5.73. The third kappa shape index (κ3) is 3.20. The van der Waals surface area contributed by atoms with Gasteiger partial charge in [-0.3, -0.25) is 0 Å². The maximum absolute atomic E-state index is 11.7. The molecule has 0 aromatic heterocycles. The Morgan fingerprint density at radius 3 is 2.68 bits per heavy atom. The van der Waals surface area contributed by atoms with E-state index >= 15 is 0 Å². The molecule has 0 unspecified atom stereocenters. The van der Waals surface area contributed by atoms with Crippen LogP contribution in [0.5, 0.6) is 5.75 Å². The van der Waals surface area contributed by atoms with Gasteiger partial charge in [-0.15, -0.1) is 0 Å². The molecule has 1 saturated heterocycles. The third-order valence-corrected chi connectivity index (χ3v) is 4.02. The van der Waals surface area contributed by atoms with Crippen LogP contribution in [0.25, 0.3) is 5.01 Å². The molecule has 0 aliphatic carbocycles. The predicted octanol–water partition coefficient (Wildman–Crippen LogP) is 3.06. The Bertz CT molecular complexity index is 652. The fourth-order valence-electron chi connectivity index (χ4n) is 2.63. The average molecular weight is 324 g/mol. The van der Waals surface area contributed by atoms with E-state index in [1.165, 1.54) is 4.42 Å². The van der Waals surface area contributed by atoms with Crippen molar-refractivity contribution in [2.24, 2.45) is 0 Å². The molecule has 0 N–H and O–H groups in total. The van der Waals surface area contributed by atoms with Crippen LogP contribution < -0.4 is 4.74 Å².